The number of ether oxygens (including phenoxy) is 1. The van der Waals surface area contributed by atoms with Crippen molar-refractivity contribution in [1.29, 1.82) is 0 Å². The molecule has 23 heavy (non-hydrogen) atoms. The maximum absolute atomic E-state index is 12.3. The molecule has 0 radical (unpaired) electrons. The van der Waals surface area contributed by atoms with Gasteiger partial charge in [-0.05, 0) is 30.5 Å². The van der Waals surface area contributed by atoms with Crippen molar-refractivity contribution in [2.45, 2.75) is 25.4 Å². The van der Waals surface area contributed by atoms with E-state index in [9.17, 15) is 4.79 Å². The number of carbonyl (C=O) groups excluding carboxylic acids is 1. The van der Waals surface area contributed by atoms with E-state index in [0.717, 1.165) is 22.8 Å². The number of aryl methyl sites for hydroxylation is 1. The highest BCUT2D eigenvalue weighted by atomic mass is 127. The number of alkyl halides is 1. The SMILES string of the molecule is C=C(CI)C[C@@H](CCc1ccccc1)OC(=O)c1ccccc1. The van der Waals surface area contributed by atoms with Gasteiger partial charge in [0.25, 0.3) is 0 Å². The summed E-state index contributed by atoms with van der Waals surface area (Å²) >= 11 is 2.29. The van der Waals surface area contributed by atoms with Gasteiger partial charge in [-0.2, -0.15) is 0 Å². The largest absolute Gasteiger partial charge is 0.458 e. The van der Waals surface area contributed by atoms with Crippen LogP contribution in [-0.2, 0) is 11.2 Å². The van der Waals surface area contributed by atoms with Crippen molar-refractivity contribution in [3.8, 4) is 0 Å². The molecule has 2 rings (SSSR count). The molecule has 0 aliphatic carbocycles. The van der Waals surface area contributed by atoms with Crippen molar-refractivity contribution >= 4 is 28.6 Å². The van der Waals surface area contributed by atoms with E-state index < -0.39 is 0 Å². The van der Waals surface area contributed by atoms with Gasteiger partial charge in [-0.25, -0.2) is 4.79 Å². The number of benzene rings is 2. The molecule has 0 aliphatic rings. The van der Waals surface area contributed by atoms with Crippen molar-refractivity contribution in [1.82, 2.24) is 0 Å². The second-order valence-electron chi connectivity index (χ2n) is 5.51. The molecule has 0 heterocycles. The van der Waals surface area contributed by atoms with Gasteiger partial charge in [-0.15, -0.1) is 0 Å². The molecular formula is C20H21IO2. The smallest absolute Gasteiger partial charge is 0.338 e. The summed E-state index contributed by atoms with van der Waals surface area (Å²) in [5.41, 5.74) is 2.95. The van der Waals surface area contributed by atoms with Crippen LogP contribution in [0.15, 0.2) is 72.8 Å². The first-order valence-corrected chi connectivity index (χ1v) is 9.24. The van der Waals surface area contributed by atoms with Crippen LogP contribution in [0.3, 0.4) is 0 Å². The summed E-state index contributed by atoms with van der Waals surface area (Å²) in [6.07, 6.45) is 2.28. The molecule has 0 saturated heterocycles. The van der Waals surface area contributed by atoms with E-state index in [1.165, 1.54) is 5.56 Å². The Labute approximate surface area is 151 Å². The fraction of sp³-hybridized carbons (Fsp3) is 0.250. The molecule has 120 valence electrons. The third kappa shape index (κ3) is 6.18. The molecule has 1 atom stereocenters. The summed E-state index contributed by atoms with van der Waals surface area (Å²) < 4.78 is 6.61. The second-order valence-corrected chi connectivity index (χ2v) is 6.27. The first kappa shape index (κ1) is 17.7. The fourth-order valence-electron chi connectivity index (χ4n) is 2.35. The van der Waals surface area contributed by atoms with Crippen molar-refractivity contribution in [2.24, 2.45) is 0 Å². The predicted octanol–water partition coefficient (Wildman–Crippen LogP) is 5.23. The van der Waals surface area contributed by atoms with Crippen molar-refractivity contribution in [3.63, 3.8) is 0 Å². The fourth-order valence-corrected chi connectivity index (χ4v) is 2.66. The highest BCUT2D eigenvalue weighted by molar-refractivity contribution is 14.1. The zero-order valence-electron chi connectivity index (χ0n) is 13.1. The van der Waals surface area contributed by atoms with Gasteiger partial charge in [0, 0.05) is 10.8 Å². The van der Waals surface area contributed by atoms with Crippen molar-refractivity contribution < 1.29 is 9.53 Å². The van der Waals surface area contributed by atoms with Crippen LogP contribution in [0.25, 0.3) is 0 Å². The lowest BCUT2D eigenvalue weighted by atomic mass is 10.0. The number of esters is 1. The Bertz CT molecular complexity index is 623. The monoisotopic (exact) mass is 420 g/mol. The number of rotatable bonds is 8. The Morgan fingerprint density at radius 1 is 1.04 bits per heavy atom. The minimum absolute atomic E-state index is 0.134. The third-order valence-corrected chi connectivity index (χ3v) is 4.67. The normalized spacial score (nSPS) is 11.7. The van der Waals surface area contributed by atoms with Crippen LogP contribution in [0, 0.1) is 0 Å². The first-order chi connectivity index (χ1) is 11.2. The average molecular weight is 420 g/mol. The van der Waals surface area contributed by atoms with Crippen LogP contribution in [0.1, 0.15) is 28.8 Å². The Balaban J connectivity index is 1.99. The highest BCUT2D eigenvalue weighted by Crippen LogP contribution is 2.17. The zero-order chi connectivity index (χ0) is 16.5. The van der Waals surface area contributed by atoms with Gasteiger partial charge in [-0.3, -0.25) is 0 Å². The van der Waals surface area contributed by atoms with Crippen molar-refractivity contribution in [3.05, 3.63) is 83.9 Å². The minimum Gasteiger partial charge on any atom is -0.458 e. The van der Waals surface area contributed by atoms with Crippen LogP contribution in [0.4, 0.5) is 0 Å². The molecule has 0 bridgehead atoms. The van der Waals surface area contributed by atoms with Gasteiger partial charge in [0.15, 0.2) is 0 Å². The molecule has 0 spiro atoms. The second kappa shape index (κ2) is 9.50. The average Bonchev–Trinajstić information content (AvgIpc) is 2.61. The van der Waals surface area contributed by atoms with Crippen LogP contribution >= 0.6 is 22.6 Å². The first-order valence-electron chi connectivity index (χ1n) is 7.71. The quantitative estimate of drug-likeness (QED) is 0.253. The molecule has 0 amide bonds. The summed E-state index contributed by atoms with van der Waals surface area (Å²) in [7, 11) is 0. The lowest BCUT2D eigenvalue weighted by Gasteiger charge is -2.19. The Morgan fingerprint density at radius 3 is 2.26 bits per heavy atom. The molecule has 2 aromatic rings. The standard InChI is InChI=1S/C20H21IO2/c1-16(15-21)14-19(13-12-17-8-4-2-5-9-17)23-20(22)18-10-6-3-7-11-18/h2-11,19H,1,12-15H2/t19-/m1/s1. The van der Waals surface area contributed by atoms with Gasteiger partial charge in [0.1, 0.15) is 6.10 Å². The lowest BCUT2D eigenvalue weighted by molar-refractivity contribution is 0.0284. The molecule has 0 unspecified atom stereocenters. The molecule has 2 aromatic carbocycles. The van der Waals surface area contributed by atoms with E-state index in [-0.39, 0.29) is 12.1 Å². The van der Waals surface area contributed by atoms with E-state index >= 15 is 0 Å². The van der Waals surface area contributed by atoms with E-state index in [2.05, 4.69) is 41.3 Å². The minimum atomic E-state index is -0.259. The summed E-state index contributed by atoms with van der Waals surface area (Å²) in [6.45, 7) is 4.05. The van der Waals surface area contributed by atoms with Crippen LogP contribution in [0.5, 0.6) is 0 Å². The summed E-state index contributed by atoms with van der Waals surface area (Å²) in [5.74, 6) is -0.259. The van der Waals surface area contributed by atoms with E-state index in [4.69, 9.17) is 4.74 Å². The van der Waals surface area contributed by atoms with Crippen LogP contribution in [-0.4, -0.2) is 16.5 Å². The number of hydrogen-bond acceptors (Lipinski definition) is 2. The maximum Gasteiger partial charge on any atom is 0.338 e. The van der Waals surface area contributed by atoms with Gasteiger partial charge in [0.2, 0.25) is 0 Å². The zero-order valence-corrected chi connectivity index (χ0v) is 15.2. The van der Waals surface area contributed by atoms with Gasteiger partial charge in [-0.1, -0.05) is 83.3 Å². The lowest BCUT2D eigenvalue weighted by Crippen LogP contribution is -2.20. The van der Waals surface area contributed by atoms with Gasteiger partial charge in [0.05, 0.1) is 5.56 Å². The Hall–Kier alpha value is -1.62. The highest BCUT2D eigenvalue weighted by Gasteiger charge is 2.17. The predicted molar refractivity (Wildman–Crippen MR) is 103 cm³/mol. The summed E-state index contributed by atoms with van der Waals surface area (Å²) in [6, 6.07) is 19.4. The number of hydrogen-bond donors (Lipinski definition) is 0. The summed E-state index contributed by atoms with van der Waals surface area (Å²) in [4.78, 5) is 12.3. The molecule has 0 aliphatic heterocycles. The van der Waals surface area contributed by atoms with E-state index in [0.29, 0.717) is 12.0 Å². The van der Waals surface area contributed by atoms with Crippen molar-refractivity contribution in [2.75, 3.05) is 4.43 Å². The Morgan fingerprint density at radius 2 is 1.65 bits per heavy atom. The molecule has 0 saturated carbocycles. The summed E-state index contributed by atoms with van der Waals surface area (Å²) in [5, 5.41) is 0. The van der Waals surface area contributed by atoms with Crippen LogP contribution < -0.4 is 0 Å². The third-order valence-electron chi connectivity index (χ3n) is 3.59. The molecule has 0 aromatic heterocycles. The molecule has 0 N–H and O–H groups in total. The van der Waals surface area contributed by atoms with E-state index in [1.807, 2.05) is 36.4 Å². The maximum atomic E-state index is 12.3. The number of halogens is 1. The topological polar surface area (TPSA) is 26.3 Å². The molecule has 2 nitrogen and oxygen atoms in total. The van der Waals surface area contributed by atoms with Gasteiger partial charge < -0.3 is 4.74 Å². The molecular weight excluding hydrogens is 399 g/mol. The van der Waals surface area contributed by atoms with E-state index in [1.54, 1.807) is 12.1 Å². The molecule has 3 heteroatoms. The van der Waals surface area contributed by atoms with Crippen LogP contribution in [0.2, 0.25) is 0 Å². The number of carbonyl (C=O) groups is 1. The van der Waals surface area contributed by atoms with Gasteiger partial charge >= 0.3 is 5.97 Å². The molecule has 0 fully saturated rings. The Kier molecular flexibility index (Phi) is 7.33.